The number of ketones is 1. The Hall–Kier alpha value is -4.27. The summed E-state index contributed by atoms with van der Waals surface area (Å²) in [4.78, 5) is 27.0. The number of rotatable bonds is 4. The number of carbonyl (C=O) groups excluding carboxylic acids is 2. The number of halogens is 4. The van der Waals surface area contributed by atoms with E-state index in [-0.39, 0.29) is 12.1 Å². The number of benzene rings is 3. The number of aryl methyl sites for hydroxylation is 1. The Morgan fingerprint density at radius 2 is 1.70 bits per heavy atom. The molecule has 0 saturated heterocycles. The Morgan fingerprint density at radius 3 is 2.38 bits per heavy atom. The molecule has 1 heterocycles. The van der Waals surface area contributed by atoms with Crippen molar-refractivity contribution >= 4 is 17.4 Å². The number of aromatic nitrogens is 2. The lowest BCUT2D eigenvalue weighted by Gasteiger charge is -2.31. The summed E-state index contributed by atoms with van der Waals surface area (Å²) >= 11 is 0. The summed E-state index contributed by atoms with van der Waals surface area (Å²) in [5.41, 5.74) is 2.15. The Labute approximate surface area is 209 Å². The SMILES string of the molecule is Cc1nn(-c2ccccc2)c2c1[C@H](c1ccc(F)cc1)[C@H](C(=O)Nc1cccc(C(F)(F)F)c1)C(=O)C2. The summed E-state index contributed by atoms with van der Waals surface area (Å²) in [6, 6.07) is 19.0. The molecular formula is C28H21F4N3O2. The van der Waals surface area contributed by atoms with Crippen molar-refractivity contribution in [1.29, 1.82) is 0 Å². The van der Waals surface area contributed by atoms with Gasteiger partial charge in [-0.15, -0.1) is 0 Å². The zero-order valence-corrected chi connectivity index (χ0v) is 19.6. The molecule has 1 aliphatic carbocycles. The van der Waals surface area contributed by atoms with Gasteiger partial charge in [-0.2, -0.15) is 18.3 Å². The Balaban J connectivity index is 1.60. The predicted molar refractivity (Wildman–Crippen MR) is 129 cm³/mol. The van der Waals surface area contributed by atoms with Gasteiger partial charge < -0.3 is 5.32 Å². The first-order valence-electron chi connectivity index (χ1n) is 11.5. The third-order valence-electron chi connectivity index (χ3n) is 6.51. The predicted octanol–water partition coefficient (Wildman–Crippen LogP) is 5.85. The van der Waals surface area contributed by atoms with Crippen LogP contribution in [0, 0.1) is 18.7 Å². The molecule has 5 nitrogen and oxygen atoms in total. The fraction of sp³-hybridized carbons (Fsp3) is 0.179. The zero-order valence-electron chi connectivity index (χ0n) is 19.6. The molecule has 1 aliphatic rings. The van der Waals surface area contributed by atoms with Crippen LogP contribution in [0.25, 0.3) is 5.69 Å². The van der Waals surface area contributed by atoms with Gasteiger partial charge >= 0.3 is 6.18 Å². The lowest BCUT2D eigenvalue weighted by atomic mass is 9.72. The van der Waals surface area contributed by atoms with Crippen LogP contribution in [0.15, 0.2) is 78.9 Å². The molecule has 0 fully saturated rings. The zero-order chi connectivity index (χ0) is 26.3. The monoisotopic (exact) mass is 507 g/mol. The molecule has 1 amide bonds. The number of nitrogens with one attached hydrogen (secondary N) is 1. The second-order valence-corrected chi connectivity index (χ2v) is 8.91. The number of carbonyl (C=O) groups is 2. The molecule has 0 unspecified atom stereocenters. The van der Waals surface area contributed by atoms with Crippen molar-refractivity contribution in [2.24, 2.45) is 5.92 Å². The Morgan fingerprint density at radius 1 is 1.00 bits per heavy atom. The molecule has 1 N–H and O–H groups in total. The van der Waals surface area contributed by atoms with Crippen LogP contribution in [0.2, 0.25) is 0 Å². The number of hydrogen-bond acceptors (Lipinski definition) is 3. The van der Waals surface area contributed by atoms with Crippen LogP contribution < -0.4 is 5.32 Å². The van der Waals surface area contributed by atoms with E-state index in [1.807, 2.05) is 30.3 Å². The summed E-state index contributed by atoms with van der Waals surface area (Å²) in [7, 11) is 0. The molecule has 4 aromatic rings. The number of alkyl halides is 3. The average Bonchev–Trinajstić information content (AvgIpc) is 3.19. The molecule has 3 aromatic carbocycles. The average molecular weight is 507 g/mol. The third kappa shape index (κ3) is 4.64. The van der Waals surface area contributed by atoms with Gasteiger partial charge in [-0.3, -0.25) is 9.59 Å². The summed E-state index contributed by atoms with van der Waals surface area (Å²) in [5, 5.41) is 7.13. The molecule has 0 aliphatic heterocycles. The van der Waals surface area contributed by atoms with Crippen LogP contribution in [-0.4, -0.2) is 21.5 Å². The normalized spacial score (nSPS) is 17.4. The molecule has 0 spiro atoms. The maximum atomic E-state index is 13.8. The van der Waals surface area contributed by atoms with Gasteiger partial charge in [-0.1, -0.05) is 36.4 Å². The maximum absolute atomic E-state index is 13.8. The van der Waals surface area contributed by atoms with E-state index in [0.29, 0.717) is 22.5 Å². The highest BCUT2D eigenvalue weighted by molar-refractivity contribution is 6.10. The molecule has 188 valence electrons. The van der Waals surface area contributed by atoms with Crippen LogP contribution in [0.1, 0.15) is 34.0 Å². The number of Topliss-reactive ketones (excluding diaryl/α,β-unsaturated/α-hetero) is 1. The maximum Gasteiger partial charge on any atom is 0.416 e. The molecule has 0 saturated carbocycles. The van der Waals surface area contributed by atoms with Crippen LogP contribution in [0.5, 0.6) is 0 Å². The van der Waals surface area contributed by atoms with Gasteiger partial charge in [-0.25, -0.2) is 9.07 Å². The largest absolute Gasteiger partial charge is 0.416 e. The first-order chi connectivity index (χ1) is 17.6. The molecular weight excluding hydrogens is 486 g/mol. The topological polar surface area (TPSA) is 64.0 Å². The van der Waals surface area contributed by atoms with Crippen LogP contribution in [0.4, 0.5) is 23.2 Å². The van der Waals surface area contributed by atoms with Crippen molar-refractivity contribution < 1.29 is 27.2 Å². The highest BCUT2D eigenvalue weighted by Crippen LogP contribution is 2.42. The van der Waals surface area contributed by atoms with Gasteiger partial charge in [0.05, 0.1) is 29.1 Å². The number of anilines is 1. The number of hydrogen-bond donors (Lipinski definition) is 1. The highest BCUT2D eigenvalue weighted by atomic mass is 19.4. The molecule has 0 radical (unpaired) electrons. The summed E-state index contributed by atoms with van der Waals surface area (Å²) in [6.45, 7) is 1.77. The molecule has 1 aromatic heterocycles. The van der Waals surface area contributed by atoms with Crippen molar-refractivity contribution in [1.82, 2.24) is 9.78 Å². The van der Waals surface area contributed by atoms with Gasteiger partial charge in [-0.05, 0) is 55.0 Å². The smallest absolute Gasteiger partial charge is 0.325 e. The minimum Gasteiger partial charge on any atom is -0.325 e. The molecule has 2 atom stereocenters. The Bertz CT molecular complexity index is 1480. The molecule has 9 heteroatoms. The molecule has 37 heavy (non-hydrogen) atoms. The van der Waals surface area contributed by atoms with Crippen molar-refractivity contribution in [2.75, 3.05) is 5.32 Å². The van der Waals surface area contributed by atoms with E-state index in [4.69, 9.17) is 0 Å². The van der Waals surface area contributed by atoms with Crippen molar-refractivity contribution in [3.05, 3.63) is 113 Å². The van der Waals surface area contributed by atoms with Gasteiger partial charge in [0.1, 0.15) is 11.7 Å². The molecule has 0 bridgehead atoms. The van der Waals surface area contributed by atoms with E-state index in [9.17, 15) is 27.2 Å². The van der Waals surface area contributed by atoms with Crippen molar-refractivity contribution in [3.63, 3.8) is 0 Å². The second-order valence-electron chi connectivity index (χ2n) is 8.91. The van der Waals surface area contributed by atoms with Gasteiger partial charge in [0.15, 0.2) is 5.78 Å². The third-order valence-corrected chi connectivity index (χ3v) is 6.51. The van der Waals surface area contributed by atoms with Crippen LogP contribution >= 0.6 is 0 Å². The van der Waals surface area contributed by atoms with Crippen molar-refractivity contribution in [3.8, 4) is 5.69 Å². The van der Waals surface area contributed by atoms with Crippen LogP contribution in [-0.2, 0) is 22.2 Å². The lowest BCUT2D eigenvalue weighted by Crippen LogP contribution is -2.40. The quantitative estimate of drug-likeness (QED) is 0.278. The van der Waals surface area contributed by atoms with Gasteiger partial charge in [0.2, 0.25) is 5.91 Å². The minimum absolute atomic E-state index is 0.0759. The number of nitrogens with zero attached hydrogens (tertiary/aromatic N) is 2. The minimum atomic E-state index is -4.59. The fourth-order valence-electron chi connectivity index (χ4n) is 4.89. The van der Waals surface area contributed by atoms with Crippen LogP contribution in [0.3, 0.4) is 0 Å². The highest BCUT2D eigenvalue weighted by Gasteiger charge is 2.44. The number of fused-ring (bicyclic) bond motifs is 1. The summed E-state index contributed by atoms with van der Waals surface area (Å²) in [6.07, 6.45) is -4.68. The first kappa shape index (κ1) is 24.4. The fourth-order valence-corrected chi connectivity index (χ4v) is 4.89. The number of amides is 1. The van der Waals surface area contributed by atoms with E-state index in [0.717, 1.165) is 17.8 Å². The summed E-state index contributed by atoms with van der Waals surface area (Å²) in [5.74, 6) is -3.69. The van der Waals surface area contributed by atoms with E-state index in [2.05, 4.69) is 10.4 Å². The van der Waals surface area contributed by atoms with E-state index in [1.54, 1.807) is 11.6 Å². The lowest BCUT2D eigenvalue weighted by molar-refractivity contribution is -0.138. The summed E-state index contributed by atoms with van der Waals surface area (Å²) < 4.78 is 55.0. The van der Waals surface area contributed by atoms with Crippen molar-refractivity contribution in [2.45, 2.75) is 25.4 Å². The van der Waals surface area contributed by atoms with E-state index >= 15 is 0 Å². The molecule has 5 rings (SSSR count). The first-order valence-corrected chi connectivity index (χ1v) is 11.5. The number of para-hydroxylation sites is 1. The van der Waals surface area contributed by atoms with Gasteiger partial charge in [0.25, 0.3) is 0 Å². The Kier molecular flexibility index (Phi) is 6.15. The standard InChI is InChI=1S/C28H21F4N3O2/c1-16-24-22(35(34-16)21-8-3-2-4-9-21)15-23(36)26(25(24)17-10-12-19(29)13-11-17)27(37)33-20-7-5-6-18(14-20)28(30,31)32/h2-14,25-26H,15H2,1H3,(H,33,37)/t25-,26+/m0/s1. The van der Waals surface area contributed by atoms with Gasteiger partial charge in [0, 0.05) is 17.2 Å². The van der Waals surface area contributed by atoms with E-state index in [1.165, 1.54) is 36.4 Å². The second kappa shape index (κ2) is 9.31. The van der Waals surface area contributed by atoms with E-state index < -0.39 is 41.1 Å².